The van der Waals surface area contributed by atoms with E-state index in [4.69, 9.17) is 5.11 Å². The maximum atomic E-state index is 13.7. The quantitative estimate of drug-likeness (QED) is 0.781. The van der Waals surface area contributed by atoms with Crippen LogP contribution >= 0.6 is 0 Å². The van der Waals surface area contributed by atoms with Crippen LogP contribution in [0.4, 0.5) is 14.9 Å². The highest BCUT2D eigenvalue weighted by molar-refractivity contribution is 6.00. The smallest absolute Gasteiger partial charge is 0.337 e. The Labute approximate surface area is 121 Å². The Morgan fingerprint density at radius 1 is 1.19 bits per heavy atom. The van der Waals surface area contributed by atoms with Gasteiger partial charge in [-0.25, -0.2) is 14.0 Å². The van der Waals surface area contributed by atoms with Gasteiger partial charge in [-0.15, -0.1) is 0 Å². The molecule has 3 rings (SSSR count). The average molecular weight is 292 g/mol. The minimum Gasteiger partial charge on any atom is -0.478 e. The Morgan fingerprint density at radius 2 is 1.81 bits per heavy atom. The van der Waals surface area contributed by atoms with E-state index in [-0.39, 0.29) is 17.3 Å². The number of hydrogen-bond acceptors (Lipinski definition) is 2. The summed E-state index contributed by atoms with van der Waals surface area (Å²) in [6, 6.07) is 3.29. The lowest BCUT2D eigenvalue weighted by Gasteiger charge is -2.18. The normalized spacial score (nSPS) is 17.6. The second-order valence-corrected chi connectivity index (χ2v) is 5.77. The van der Waals surface area contributed by atoms with Crippen molar-refractivity contribution < 1.29 is 19.1 Å². The van der Waals surface area contributed by atoms with E-state index in [0.29, 0.717) is 11.8 Å². The van der Waals surface area contributed by atoms with Gasteiger partial charge in [0.15, 0.2) is 0 Å². The molecule has 112 valence electrons. The predicted molar refractivity (Wildman–Crippen MR) is 74.7 cm³/mol. The Morgan fingerprint density at radius 3 is 2.33 bits per heavy atom. The number of halogens is 1. The van der Waals surface area contributed by atoms with E-state index in [1.54, 1.807) is 0 Å². The van der Waals surface area contributed by atoms with Crippen molar-refractivity contribution in [2.45, 2.75) is 31.7 Å². The minimum absolute atomic E-state index is 0.130. The third-order valence-electron chi connectivity index (χ3n) is 4.04. The Hall–Kier alpha value is -2.11. The zero-order valence-electron chi connectivity index (χ0n) is 11.4. The molecule has 21 heavy (non-hydrogen) atoms. The fourth-order valence-electron chi connectivity index (χ4n) is 2.66. The van der Waals surface area contributed by atoms with Crippen LogP contribution in [0.5, 0.6) is 0 Å². The Kier molecular flexibility index (Phi) is 3.53. The molecule has 0 atom stereocenters. The highest BCUT2D eigenvalue weighted by Crippen LogP contribution is 2.44. The third-order valence-corrected chi connectivity index (χ3v) is 4.04. The number of carbonyl (C=O) groups is 2. The number of para-hydroxylation sites is 1. The molecule has 2 saturated carbocycles. The lowest BCUT2D eigenvalue weighted by Crippen LogP contribution is -2.41. The van der Waals surface area contributed by atoms with Gasteiger partial charge in [0.05, 0.1) is 11.3 Å². The summed E-state index contributed by atoms with van der Waals surface area (Å²) < 4.78 is 13.7. The number of aromatic carboxylic acids is 1. The van der Waals surface area contributed by atoms with Crippen molar-refractivity contribution >= 4 is 17.7 Å². The van der Waals surface area contributed by atoms with Crippen LogP contribution in [-0.2, 0) is 0 Å². The van der Waals surface area contributed by atoms with Crippen LogP contribution in [-0.4, -0.2) is 23.1 Å². The molecule has 3 N–H and O–H groups in total. The molecule has 0 aliphatic heterocycles. The number of anilines is 1. The number of hydrogen-bond donors (Lipinski definition) is 3. The van der Waals surface area contributed by atoms with Gasteiger partial charge in [0, 0.05) is 6.04 Å². The van der Waals surface area contributed by atoms with Gasteiger partial charge >= 0.3 is 12.0 Å². The van der Waals surface area contributed by atoms with Crippen LogP contribution < -0.4 is 10.6 Å². The number of carboxylic acid groups (broad SMARTS) is 1. The van der Waals surface area contributed by atoms with Gasteiger partial charge in [-0.2, -0.15) is 0 Å². The van der Waals surface area contributed by atoms with Crippen molar-refractivity contribution in [1.82, 2.24) is 5.32 Å². The molecule has 2 amide bonds. The molecule has 6 heteroatoms. The number of amides is 2. The third kappa shape index (κ3) is 3.15. The van der Waals surface area contributed by atoms with Crippen LogP contribution in [0.15, 0.2) is 18.2 Å². The lowest BCUT2D eigenvalue weighted by molar-refractivity contribution is 0.0697. The maximum Gasteiger partial charge on any atom is 0.337 e. The van der Waals surface area contributed by atoms with Crippen molar-refractivity contribution in [1.29, 1.82) is 0 Å². The van der Waals surface area contributed by atoms with Gasteiger partial charge in [0.2, 0.25) is 0 Å². The second kappa shape index (κ2) is 5.35. The van der Waals surface area contributed by atoms with Crippen molar-refractivity contribution in [3.8, 4) is 0 Å². The number of rotatable bonds is 5. The average Bonchev–Trinajstić information content (AvgIpc) is 3.30. The van der Waals surface area contributed by atoms with Gasteiger partial charge < -0.3 is 15.7 Å². The molecule has 0 aromatic heterocycles. The van der Waals surface area contributed by atoms with E-state index in [0.717, 1.165) is 31.7 Å². The summed E-state index contributed by atoms with van der Waals surface area (Å²) in [5.41, 5.74) is -0.535. The molecular formula is C15H17FN2O3. The van der Waals surface area contributed by atoms with Crippen molar-refractivity contribution in [2.24, 2.45) is 11.8 Å². The van der Waals surface area contributed by atoms with E-state index in [1.165, 1.54) is 12.1 Å². The van der Waals surface area contributed by atoms with Gasteiger partial charge in [-0.1, -0.05) is 6.07 Å². The van der Waals surface area contributed by atoms with Gasteiger partial charge in [-0.05, 0) is 49.7 Å². The first kappa shape index (κ1) is 13.9. The molecule has 0 radical (unpaired) electrons. The molecule has 2 fully saturated rings. The number of carboxylic acids is 1. The first-order valence-corrected chi connectivity index (χ1v) is 7.15. The molecule has 0 bridgehead atoms. The molecule has 5 nitrogen and oxygen atoms in total. The first-order valence-electron chi connectivity index (χ1n) is 7.15. The number of benzene rings is 1. The fraction of sp³-hybridized carbons (Fsp3) is 0.467. The van der Waals surface area contributed by atoms with Gasteiger partial charge in [0.25, 0.3) is 0 Å². The lowest BCUT2D eigenvalue weighted by atomic mass is 10.1. The Bertz CT molecular complexity index is 570. The van der Waals surface area contributed by atoms with Crippen LogP contribution in [0.25, 0.3) is 0 Å². The number of nitrogens with one attached hydrogen (secondary N) is 2. The molecule has 0 heterocycles. The SMILES string of the molecule is O=C(Nc1c(F)cccc1C(=O)O)NC(C1CC1)C1CC1. The van der Waals surface area contributed by atoms with E-state index < -0.39 is 17.8 Å². The monoisotopic (exact) mass is 292 g/mol. The topological polar surface area (TPSA) is 78.4 Å². The molecule has 0 unspecified atom stereocenters. The molecule has 2 aliphatic rings. The summed E-state index contributed by atoms with van der Waals surface area (Å²) in [5, 5.41) is 14.3. The van der Waals surface area contributed by atoms with E-state index >= 15 is 0 Å². The predicted octanol–water partition coefficient (Wildman–Crippen LogP) is 2.83. The summed E-state index contributed by atoms with van der Waals surface area (Å²) in [4.78, 5) is 23.1. The van der Waals surface area contributed by atoms with Crippen LogP contribution in [0.1, 0.15) is 36.0 Å². The minimum atomic E-state index is -1.27. The van der Waals surface area contributed by atoms with E-state index in [9.17, 15) is 14.0 Å². The molecule has 1 aromatic rings. The van der Waals surface area contributed by atoms with E-state index in [1.807, 2.05) is 0 Å². The van der Waals surface area contributed by atoms with Crippen LogP contribution in [0.2, 0.25) is 0 Å². The molecule has 2 aliphatic carbocycles. The molecular weight excluding hydrogens is 275 g/mol. The largest absolute Gasteiger partial charge is 0.478 e. The summed E-state index contributed by atoms with van der Waals surface area (Å²) in [5.74, 6) is -0.990. The highest BCUT2D eigenvalue weighted by Gasteiger charge is 2.42. The molecule has 0 spiro atoms. The first-order chi connectivity index (χ1) is 10.1. The maximum absolute atomic E-state index is 13.7. The summed E-state index contributed by atoms with van der Waals surface area (Å²) >= 11 is 0. The highest BCUT2D eigenvalue weighted by atomic mass is 19.1. The zero-order chi connectivity index (χ0) is 15.0. The summed E-state index contributed by atoms with van der Waals surface area (Å²) in [6.07, 6.45) is 4.45. The zero-order valence-corrected chi connectivity index (χ0v) is 11.4. The van der Waals surface area contributed by atoms with Gasteiger partial charge in [0.1, 0.15) is 5.82 Å². The van der Waals surface area contributed by atoms with Gasteiger partial charge in [-0.3, -0.25) is 0 Å². The van der Waals surface area contributed by atoms with Crippen molar-refractivity contribution in [3.05, 3.63) is 29.6 Å². The second-order valence-electron chi connectivity index (χ2n) is 5.77. The van der Waals surface area contributed by atoms with Crippen LogP contribution in [0.3, 0.4) is 0 Å². The van der Waals surface area contributed by atoms with Crippen molar-refractivity contribution in [3.63, 3.8) is 0 Å². The van der Waals surface area contributed by atoms with E-state index in [2.05, 4.69) is 10.6 Å². The number of urea groups is 1. The number of carbonyl (C=O) groups excluding carboxylic acids is 1. The molecule has 1 aromatic carbocycles. The summed E-state index contributed by atoms with van der Waals surface area (Å²) in [7, 11) is 0. The summed E-state index contributed by atoms with van der Waals surface area (Å²) in [6.45, 7) is 0. The standard InChI is InChI=1S/C15H17FN2O3/c16-11-3-1-2-10(14(19)20)13(11)18-15(21)17-12(8-4-5-8)9-6-7-9/h1-3,8-9,12H,4-7H2,(H,19,20)(H2,17,18,21). The fourth-order valence-corrected chi connectivity index (χ4v) is 2.66. The van der Waals surface area contributed by atoms with Crippen LogP contribution in [0, 0.1) is 17.7 Å². The Balaban J connectivity index is 1.70. The van der Waals surface area contributed by atoms with Crippen molar-refractivity contribution in [2.75, 3.05) is 5.32 Å². The molecule has 0 saturated heterocycles.